The van der Waals surface area contributed by atoms with Crippen LogP contribution in [0.1, 0.15) is 12.5 Å². The van der Waals surface area contributed by atoms with Crippen LogP contribution >= 0.6 is 0 Å². The van der Waals surface area contributed by atoms with Gasteiger partial charge in [0.25, 0.3) is 0 Å². The highest BCUT2D eigenvalue weighted by molar-refractivity contribution is 5.33. The van der Waals surface area contributed by atoms with Crippen LogP contribution in [0.3, 0.4) is 0 Å². The van der Waals surface area contributed by atoms with E-state index in [1.165, 1.54) is 0 Å². The van der Waals surface area contributed by atoms with E-state index in [4.69, 9.17) is 15.7 Å². The minimum absolute atomic E-state index is 0.425. The van der Waals surface area contributed by atoms with Crippen LogP contribution in [0.25, 0.3) is 0 Å². The van der Waals surface area contributed by atoms with E-state index in [9.17, 15) is 0 Å². The molecule has 2 N–H and O–H groups in total. The quantitative estimate of drug-likeness (QED) is 0.758. The third-order valence-corrected chi connectivity index (χ3v) is 1.68. The normalized spacial score (nSPS) is 11.8. The molecule has 1 aromatic rings. The summed E-state index contributed by atoms with van der Waals surface area (Å²) in [5.41, 5.74) is 6.43. The number of hydrogen-bond donors (Lipinski definition) is 1. The molecule has 0 saturated carbocycles. The van der Waals surface area contributed by atoms with Crippen molar-refractivity contribution in [2.75, 3.05) is 0 Å². The second-order valence-corrected chi connectivity index (χ2v) is 2.70. The summed E-state index contributed by atoms with van der Waals surface area (Å²) in [4.78, 5) is 0. The Labute approximate surface area is 77.7 Å². The molecule has 3 heteroatoms. The second kappa shape index (κ2) is 4.48. The highest BCUT2D eigenvalue weighted by Gasteiger charge is 2.04. The van der Waals surface area contributed by atoms with Crippen molar-refractivity contribution in [2.24, 2.45) is 5.73 Å². The Balaban J connectivity index is 2.82. The minimum atomic E-state index is -0.437. The number of nitrogens with two attached hydrogens (primary N) is 1. The topological polar surface area (TPSA) is 59.0 Å². The number of nitrogens with zero attached hydrogens (tertiary/aromatic N) is 1. The van der Waals surface area contributed by atoms with Crippen molar-refractivity contribution in [3.05, 3.63) is 29.8 Å². The van der Waals surface area contributed by atoms with Gasteiger partial charge in [0.15, 0.2) is 6.10 Å². The number of rotatable bonds is 3. The van der Waals surface area contributed by atoms with Crippen molar-refractivity contribution in [3.8, 4) is 11.8 Å². The van der Waals surface area contributed by atoms with E-state index in [2.05, 4.69) is 0 Å². The van der Waals surface area contributed by atoms with Crippen molar-refractivity contribution >= 4 is 0 Å². The van der Waals surface area contributed by atoms with Crippen molar-refractivity contribution in [1.82, 2.24) is 0 Å². The molecule has 0 aliphatic heterocycles. The predicted molar refractivity (Wildman–Crippen MR) is 50.0 cm³/mol. The van der Waals surface area contributed by atoms with Crippen molar-refractivity contribution in [1.29, 1.82) is 5.26 Å². The Morgan fingerprint density at radius 2 is 2.23 bits per heavy atom. The summed E-state index contributed by atoms with van der Waals surface area (Å²) in [5, 5.41) is 8.55. The molecule has 0 bridgehead atoms. The summed E-state index contributed by atoms with van der Waals surface area (Å²) in [5.74, 6) is 0.694. The van der Waals surface area contributed by atoms with Gasteiger partial charge in [0.2, 0.25) is 0 Å². The third-order valence-electron chi connectivity index (χ3n) is 1.68. The molecule has 1 aromatic carbocycles. The van der Waals surface area contributed by atoms with Gasteiger partial charge in [0.05, 0.1) is 0 Å². The van der Waals surface area contributed by atoms with Crippen LogP contribution in [0.2, 0.25) is 0 Å². The molecule has 3 nitrogen and oxygen atoms in total. The minimum Gasteiger partial charge on any atom is -0.476 e. The molecule has 0 spiro atoms. The number of ether oxygens (including phenoxy) is 1. The van der Waals surface area contributed by atoms with Gasteiger partial charge in [-0.15, -0.1) is 0 Å². The van der Waals surface area contributed by atoms with Gasteiger partial charge < -0.3 is 10.5 Å². The van der Waals surface area contributed by atoms with Crippen LogP contribution in [-0.4, -0.2) is 6.10 Å². The van der Waals surface area contributed by atoms with Gasteiger partial charge in [-0.1, -0.05) is 18.2 Å². The molecule has 13 heavy (non-hydrogen) atoms. The number of benzene rings is 1. The first-order valence-electron chi connectivity index (χ1n) is 4.12. The average molecular weight is 176 g/mol. The molecule has 1 unspecified atom stereocenters. The summed E-state index contributed by atoms with van der Waals surface area (Å²) >= 11 is 0. The Morgan fingerprint density at radius 1 is 1.54 bits per heavy atom. The molecule has 0 fully saturated rings. The Kier molecular flexibility index (Phi) is 3.30. The van der Waals surface area contributed by atoms with Gasteiger partial charge in [-0.05, 0) is 13.0 Å². The maximum Gasteiger partial charge on any atom is 0.181 e. The Morgan fingerprint density at radius 3 is 2.85 bits per heavy atom. The smallest absolute Gasteiger partial charge is 0.181 e. The SMILES string of the molecule is CC(C#N)Oc1ccccc1CN. The third kappa shape index (κ3) is 2.46. The highest BCUT2D eigenvalue weighted by Crippen LogP contribution is 2.18. The lowest BCUT2D eigenvalue weighted by Gasteiger charge is -2.10. The molecule has 0 aromatic heterocycles. The van der Waals surface area contributed by atoms with E-state index >= 15 is 0 Å². The van der Waals surface area contributed by atoms with Crippen molar-refractivity contribution in [3.63, 3.8) is 0 Å². The predicted octanol–water partition coefficient (Wildman–Crippen LogP) is 1.44. The van der Waals surface area contributed by atoms with Crippen LogP contribution in [0, 0.1) is 11.3 Å². The van der Waals surface area contributed by atoms with Gasteiger partial charge in [-0.25, -0.2) is 0 Å². The zero-order valence-electron chi connectivity index (χ0n) is 7.53. The van der Waals surface area contributed by atoms with Gasteiger partial charge in [0.1, 0.15) is 11.8 Å². The van der Waals surface area contributed by atoms with E-state index in [-0.39, 0.29) is 0 Å². The summed E-state index contributed by atoms with van der Waals surface area (Å²) in [7, 11) is 0. The Hall–Kier alpha value is -1.53. The molecular formula is C10H12N2O. The fraction of sp³-hybridized carbons (Fsp3) is 0.300. The van der Waals surface area contributed by atoms with Crippen LogP contribution < -0.4 is 10.5 Å². The average Bonchev–Trinajstić information content (AvgIpc) is 2.18. The first-order valence-corrected chi connectivity index (χ1v) is 4.12. The summed E-state index contributed by atoms with van der Waals surface area (Å²) in [6.45, 7) is 2.13. The first-order chi connectivity index (χ1) is 6.27. The van der Waals surface area contributed by atoms with Crippen molar-refractivity contribution < 1.29 is 4.74 Å². The molecule has 0 aliphatic rings. The summed E-state index contributed by atoms with van der Waals surface area (Å²) in [6.07, 6.45) is -0.437. The summed E-state index contributed by atoms with van der Waals surface area (Å²) in [6, 6.07) is 9.46. The fourth-order valence-electron chi connectivity index (χ4n) is 1.00. The zero-order valence-corrected chi connectivity index (χ0v) is 7.53. The molecule has 0 aliphatic carbocycles. The summed E-state index contributed by atoms with van der Waals surface area (Å²) < 4.78 is 5.34. The molecule has 1 atom stereocenters. The van der Waals surface area contributed by atoms with Crippen LogP contribution in [-0.2, 0) is 6.54 Å². The van der Waals surface area contributed by atoms with Gasteiger partial charge >= 0.3 is 0 Å². The van der Waals surface area contributed by atoms with Gasteiger partial charge in [0, 0.05) is 12.1 Å². The monoisotopic (exact) mass is 176 g/mol. The van der Waals surface area contributed by atoms with Crippen LogP contribution in [0.4, 0.5) is 0 Å². The number of hydrogen-bond acceptors (Lipinski definition) is 3. The van der Waals surface area contributed by atoms with E-state index < -0.39 is 6.10 Å². The molecule has 0 radical (unpaired) electrons. The van der Waals surface area contributed by atoms with Crippen molar-refractivity contribution in [2.45, 2.75) is 19.6 Å². The van der Waals surface area contributed by atoms with E-state index in [1.807, 2.05) is 30.3 Å². The molecule has 68 valence electrons. The standard InChI is InChI=1S/C10H12N2O/c1-8(6-11)13-10-5-3-2-4-9(10)7-12/h2-5,8H,7,12H2,1H3. The van der Waals surface area contributed by atoms with E-state index in [0.717, 1.165) is 5.56 Å². The Bertz CT molecular complexity index is 317. The lowest BCUT2D eigenvalue weighted by molar-refractivity contribution is 0.273. The van der Waals surface area contributed by atoms with Gasteiger partial charge in [-0.2, -0.15) is 5.26 Å². The molecular weight excluding hydrogens is 164 g/mol. The fourth-order valence-corrected chi connectivity index (χ4v) is 1.00. The molecule has 0 amide bonds. The number of para-hydroxylation sites is 1. The first kappa shape index (κ1) is 9.56. The maximum absolute atomic E-state index is 8.55. The zero-order chi connectivity index (χ0) is 9.68. The lowest BCUT2D eigenvalue weighted by atomic mass is 10.2. The molecule has 0 heterocycles. The second-order valence-electron chi connectivity index (χ2n) is 2.70. The van der Waals surface area contributed by atoms with E-state index in [1.54, 1.807) is 6.92 Å². The highest BCUT2D eigenvalue weighted by atomic mass is 16.5. The maximum atomic E-state index is 8.55. The molecule has 0 saturated heterocycles. The van der Waals surface area contributed by atoms with Crippen LogP contribution in [0.15, 0.2) is 24.3 Å². The van der Waals surface area contributed by atoms with Crippen LogP contribution in [0.5, 0.6) is 5.75 Å². The van der Waals surface area contributed by atoms with E-state index in [0.29, 0.717) is 12.3 Å². The number of nitriles is 1. The molecule has 1 rings (SSSR count). The lowest BCUT2D eigenvalue weighted by Crippen LogP contribution is -2.10. The largest absolute Gasteiger partial charge is 0.476 e. The van der Waals surface area contributed by atoms with Gasteiger partial charge in [-0.3, -0.25) is 0 Å².